The summed E-state index contributed by atoms with van der Waals surface area (Å²) in [7, 11) is 1.28. The number of halogens is 1. The van der Waals surface area contributed by atoms with Crippen LogP contribution in [0.2, 0.25) is 0 Å². The number of carbonyl (C=O) groups excluding carboxylic acids is 1. The molecule has 2 aromatic rings. The van der Waals surface area contributed by atoms with Crippen LogP contribution in [0.1, 0.15) is 22.8 Å². The smallest absolute Gasteiger partial charge is 0.340 e. The van der Waals surface area contributed by atoms with Crippen molar-refractivity contribution < 1.29 is 13.9 Å². The summed E-state index contributed by atoms with van der Waals surface area (Å²) in [6.45, 7) is 1.98. The minimum Gasteiger partial charge on any atom is -0.465 e. The first-order valence-electron chi connectivity index (χ1n) is 5.05. The number of ether oxygens (including phenoxy) is 1. The number of esters is 1. The van der Waals surface area contributed by atoms with Crippen LogP contribution in [0.4, 0.5) is 4.39 Å². The highest BCUT2D eigenvalue weighted by Crippen LogP contribution is 2.25. The predicted molar refractivity (Wildman–Crippen MR) is 59.0 cm³/mol. The van der Waals surface area contributed by atoms with Crippen molar-refractivity contribution >= 4 is 16.9 Å². The highest BCUT2D eigenvalue weighted by molar-refractivity contribution is 6.05. The van der Waals surface area contributed by atoms with Gasteiger partial charge in [0.1, 0.15) is 5.82 Å². The van der Waals surface area contributed by atoms with Crippen molar-refractivity contribution in [2.24, 2.45) is 0 Å². The third kappa shape index (κ3) is 1.46. The van der Waals surface area contributed by atoms with Crippen LogP contribution in [0.15, 0.2) is 18.3 Å². The second-order valence-electron chi connectivity index (χ2n) is 3.50. The van der Waals surface area contributed by atoms with Crippen molar-refractivity contribution in [2.75, 3.05) is 7.11 Å². The number of benzene rings is 1. The monoisotopic (exact) mass is 221 g/mol. The molecule has 0 aliphatic heterocycles. The Kier molecular flexibility index (Phi) is 2.64. The molecule has 1 aromatic heterocycles. The standard InChI is InChI=1S/C12H12FNO2/c1-3-7-4-5-9(13)10-8(12(15)16-2)6-14-11(7)10/h4-6,14H,3H2,1-2H3. The lowest BCUT2D eigenvalue weighted by molar-refractivity contribution is 0.0603. The number of aromatic amines is 1. The van der Waals surface area contributed by atoms with E-state index in [1.807, 2.05) is 6.92 Å². The summed E-state index contributed by atoms with van der Waals surface area (Å²) < 4.78 is 18.3. The number of nitrogens with one attached hydrogen (secondary N) is 1. The second kappa shape index (κ2) is 3.96. The van der Waals surface area contributed by atoms with Crippen LogP contribution in [0, 0.1) is 5.82 Å². The van der Waals surface area contributed by atoms with E-state index in [0.717, 1.165) is 12.0 Å². The fourth-order valence-corrected chi connectivity index (χ4v) is 1.83. The van der Waals surface area contributed by atoms with Gasteiger partial charge in [-0.2, -0.15) is 0 Å². The Morgan fingerprint density at radius 2 is 2.25 bits per heavy atom. The molecular formula is C12H12FNO2. The maximum absolute atomic E-state index is 13.7. The van der Waals surface area contributed by atoms with E-state index in [4.69, 9.17) is 0 Å². The minimum atomic E-state index is -0.529. The molecule has 2 rings (SSSR count). The summed E-state index contributed by atoms with van der Waals surface area (Å²) in [5.41, 5.74) is 1.89. The van der Waals surface area contributed by atoms with Crippen LogP contribution in [0.5, 0.6) is 0 Å². The molecule has 0 spiro atoms. The zero-order valence-electron chi connectivity index (χ0n) is 9.13. The van der Waals surface area contributed by atoms with E-state index in [-0.39, 0.29) is 5.56 Å². The molecule has 0 aliphatic carbocycles. The van der Waals surface area contributed by atoms with Gasteiger partial charge in [0, 0.05) is 6.20 Å². The lowest BCUT2D eigenvalue weighted by Gasteiger charge is -2.02. The molecule has 0 amide bonds. The molecule has 1 aromatic carbocycles. The highest BCUT2D eigenvalue weighted by atomic mass is 19.1. The largest absolute Gasteiger partial charge is 0.465 e. The van der Waals surface area contributed by atoms with Gasteiger partial charge in [-0.15, -0.1) is 0 Å². The Morgan fingerprint density at radius 3 is 2.88 bits per heavy atom. The molecule has 0 aliphatic rings. The van der Waals surface area contributed by atoms with Gasteiger partial charge in [0.05, 0.1) is 23.6 Å². The number of methoxy groups -OCH3 is 1. The zero-order chi connectivity index (χ0) is 11.7. The summed E-state index contributed by atoms with van der Waals surface area (Å²) in [5, 5.41) is 0.311. The van der Waals surface area contributed by atoms with Crippen molar-refractivity contribution in [3.05, 3.63) is 35.3 Å². The van der Waals surface area contributed by atoms with Crippen molar-refractivity contribution in [1.29, 1.82) is 0 Å². The summed E-state index contributed by atoms with van der Waals surface area (Å²) >= 11 is 0. The SMILES string of the molecule is CCc1ccc(F)c2c(C(=O)OC)c[nH]c12. The molecule has 0 unspecified atom stereocenters. The Labute approximate surface area is 92.2 Å². The molecule has 0 radical (unpaired) electrons. The summed E-state index contributed by atoms with van der Waals surface area (Å²) in [4.78, 5) is 14.4. The van der Waals surface area contributed by atoms with E-state index in [1.54, 1.807) is 6.07 Å². The number of fused-ring (bicyclic) bond motifs is 1. The molecule has 84 valence electrons. The zero-order valence-corrected chi connectivity index (χ0v) is 9.13. The molecule has 0 saturated carbocycles. The average Bonchev–Trinajstić information content (AvgIpc) is 2.74. The second-order valence-corrected chi connectivity index (χ2v) is 3.50. The number of aromatic nitrogens is 1. The first kappa shape index (κ1) is 10.7. The molecule has 16 heavy (non-hydrogen) atoms. The number of H-pyrrole nitrogens is 1. The molecule has 0 atom stereocenters. The maximum Gasteiger partial charge on any atom is 0.340 e. The quantitative estimate of drug-likeness (QED) is 0.792. The normalized spacial score (nSPS) is 10.7. The molecule has 0 bridgehead atoms. The molecule has 0 fully saturated rings. The van der Waals surface area contributed by atoms with Gasteiger partial charge in [-0.25, -0.2) is 9.18 Å². The Morgan fingerprint density at radius 1 is 1.50 bits per heavy atom. The summed E-state index contributed by atoms with van der Waals surface area (Å²) in [6.07, 6.45) is 2.26. The number of hydrogen-bond donors (Lipinski definition) is 1. The van der Waals surface area contributed by atoms with Crippen LogP contribution in [-0.4, -0.2) is 18.1 Å². The molecule has 1 heterocycles. The van der Waals surface area contributed by atoms with Crippen molar-refractivity contribution in [2.45, 2.75) is 13.3 Å². The first-order valence-corrected chi connectivity index (χ1v) is 5.05. The lowest BCUT2D eigenvalue weighted by Crippen LogP contribution is -2.00. The third-order valence-corrected chi connectivity index (χ3v) is 2.66. The van der Waals surface area contributed by atoms with E-state index in [0.29, 0.717) is 10.9 Å². The van der Waals surface area contributed by atoms with Crippen LogP contribution in [-0.2, 0) is 11.2 Å². The van der Waals surface area contributed by atoms with Gasteiger partial charge in [-0.1, -0.05) is 13.0 Å². The van der Waals surface area contributed by atoms with Gasteiger partial charge in [0.15, 0.2) is 0 Å². The first-order chi connectivity index (χ1) is 7.69. The number of carbonyl (C=O) groups is 1. The van der Waals surface area contributed by atoms with E-state index in [1.165, 1.54) is 19.4 Å². The van der Waals surface area contributed by atoms with E-state index in [2.05, 4.69) is 9.72 Å². The maximum atomic E-state index is 13.7. The third-order valence-electron chi connectivity index (χ3n) is 2.66. The Hall–Kier alpha value is -1.84. The van der Waals surface area contributed by atoms with Crippen LogP contribution in [0.25, 0.3) is 10.9 Å². The molecule has 4 heteroatoms. The average molecular weight is 221 g/mol. The Balaban J connectivity index is 2.75. The van der Waals surface area contributed by atoms with Gasteiger partial charge in [0.25, 0.3) is 0 Å². The van der Waals surface area contributed by atoms with Crippen molar-refractivity contribution in [3.63, 3.8) is 0 Å². The van der Waals surface area contributed by atoms with Crippen LogP contribution >= 0.6 is 0 Å². The fourth-order valence-electron chi connectivity index (χ4n) is 1.83. The van der Waals surface area contributed by atoms with E-state index in [9.17, 15) is 9.18 Å². The molecular weight excluding hydrogens is 209 g/mol. The van der Waals surface area contributed by atoms with Gasteiger partial charge in [0.2, 0.25) is 0 Å². The fraction of sp³-hybridized carbons (Fsp3) is 0.250. The molecule has 0 saturated heterocycles. The van der Waals surface area contributed by atoms with Crippen LogP contribution in [0.3, 0.4) is 0 Å². The van der Waals surface area contributed by atoms with Gasteiger partial charge in [-0.3, -0.25) is 0 Å². The van der Waals surface area contributed by atoms with Gasteiger partial charge in [-0.05, 0) is 18.1 Å². The predicted octanol–water partition coefficient (Wildman–Crippen LogP) is 2.66. The summed E-state index contributed by atoms with van der Waals surface area (Å²) in [6, 6.07) is 3.09. The lowest BCUT2D eigenvalue weighted by atomic mass is 10.1. The Bertz CT molecular complexity index is 545. The molecule has 3 nitrogen and oxygen atoms in total. The number of aryl methyl sites for hydroxylation is 1. The van der Waals surface area contributed by atoms with Gasteiger partial charge < -0.3 is 9.72 Å². The molecule has 1 N–H and O–H groups in total. The minimum absolute atomic E-state index is 0.241. The van der Waals surface area contributed by atoms with Crippen molar-refractivity contribution in [3.8, 4) is 0 Å². The van der Waals surface area contributed by atoms with Crippen molar-refractivity contribution in [1.82, 2.24) is 4.98 Å². The topological polar surface area (TPSA) is 42.1 Å². The van der Waals surface area contributed by atoms with E-state index < -0.39 is 11.8 Å². The van der Waals surface area contributed by atoms with Crippen LogP contribution < -0.4 is 0 Å². The summed E-state index contributed by atoms with van der Waals surface area (Å²) in [5.74, 6) is -0.938. The number of rotatable bonds is 2. The van der Waals surface area contributed by atoms with E-state index >= 15 is 0 Å². The highest BCUT2D eigenvalue weighted by Gasteiger charge is 2.17. The number of hydrogen-bond acceptors (Lipinski definition) is 2. The van der Waals surface area contributed by atoms with Gasteiger partial charge >= 0.3 is 5.97 Å².